The molecule has 0 aliphatic carbocycles. The smallest absolute Gasteiger partial charge is 0.216 e. The summed E-state index contributed by atoms with van der Waals surface area (Å²) in [5.74, 6) is 2.43. The second-order valence-electron chi connectivity index (χ2n) is 3.47. The lowest BCUT2D eigenvalue weighted by molar-refractivity contribution is 0.461. The summed E-state index contributed by atoms with van der Waals surface area (Å²) in [4.78, 5) is 8.27. The molecule has 0 fully saturated rings. The first kappa shape index (κ1) is 10.8. The number of amidine groups is 1. The second-order valence-corrected chi connectivity index (χ2v) is 3.47. The van der Waals surface area contributed by atoms with Crippen LogP contribution in [-0.2, 0) is 13.0 Å². The Morgan fingerprint density at radius 1 is 1.64 bits per heavy atom. The molecular weight excluding hydrogens is 178 g/mol. The summed E-state index contributed by atoms with van der Waals surface area (Å²) in [5.41, 5.74) is 5.68. The fourth-order valence-corrected chi connectivity index (χ4v) is 0.926. The summed E-state index contributed by atoms with van der Waals surface area (Å²) in [6.45, 7) is 6.47. The van der Waals surface area contributed by atoms with E-state index in [-0.39, 0.29) is 5.92 Å². The van der Waals surface area contributed by atoms with Crippen molar-refractivity contribution in [3.8, 4) is 0 Å². The van der Waals surface area contributed by atoms with Gasteiger partial charge in [-0.3, -0.25) is 4.99 Å². The molecule has 0 radical (unpaired) electrons. The predicted octanol–water partition coefficient (Wildman–Crippen LogP) is 1.75. The van der Waals surface area contributed by atoms with Gasteiger partial charge < -0.3 is 10.2 Å². The van der Waals surface area contributed by atoms with Crippen LogP contribution in [0.1, 0.15) is 32.4 Å². The second kappa shape index (κ2) is 4.79. The Morgan fingerprint density at radius 3 is 2.86 bits per heavy atom. The third-order valence-electron chi connectivity index (χ3n) is 1.94. The van der Waals surface area contributed by atoms with Crippen LogP contribution in [0, 0.1) is 5.92 Å². The lowest BCUT2D eigenvalue weighted by Gasteiger charge is -2.01. The van der Waals surface area contributed by atoms with E-state index in [9.17, 15) is 0 Å². The van der Waals surface area contributed by atoms with Gasteiger partial charge >= 0.3 is 0 Å². The topological polar surface area (TPSA) is 64.4 Å². The number of aliphatic imine (C=N–C) groups is 1. The molecule has 4 heteroatoms. The van der Waals surface area contributed by atoms with Crippen LogP contribution in [0.2, 0.25) is 0 Å². The SMILES string of the molecule is CCc1cnc(CN=C(N)C(C)C)o1. The number of oxazole rings is 1. The van der Waals surface area contributed by atoms with Crippen molar-refractivity contribution in [2.75, 3.05) is 0 Å². The summed E-state index contributed by atoms with van der Waals surface area (Å²) in [7, 11) is 0. The van der Waals surface area contributed by atoms with E-state index in [1.807, 2.05) is 20.8 Å². The van der Waals surface area contributed by atoms with Gasteiger partial charge in [-0.1, -0.05) is 20.8 Å². The molecule has 0 unspecified atom stereocenters. The van der Waals surface area contributed by atoms with E-state index >= 15 is 0 Å². The number of rotatable bonds is 4. The summed E-state index contributed by atoms with van der Waals surface area (Å²) >= 11 is 0. The fraction of sp³-hybridized carbons (Fsp3) is 0.600. The first-order valence-electron chi connectivity index (χ1n) is 4.86. The molecule has 1 rings (SSSR count). The van der Waals surface area contributed by atoms with Gasteiger partial charge in [0.05, 0.1) is 12.0 Å². The average Bonchev–Trinajstić information content (AvgIpc) is 2.61. The van der Waals surface area contributed by atoms with E-state index in [0.717, 1.165) is 12.2 Å². The van der Waals surface area contributed by atoms with Crippen molar-refractivity contribution in [1.82, 2.24) is 4.98 Å². The zero-order valence-electron chi connectivity index (χ0n) is 8.95. The predicted molar refractivity (Wildman–Crippen MR) is 56.0 cm³/mol. The van der Waals surface area contributed by atoms with E-state index in [0.29, 0.717) is 18.3 Å². The van der Waals surface area contributed by atoms with Crippen molar-refractivity contribution in [1.29, 1.82) is 0 Å². The fourth-order valence-electron chi connectivity index (χ4n) is 0.926. The highest BCUT2D eigenvalue weighted by Crippen LogP contribution is 2.05. The van der Waals surface area contributed by atoms with Crippen molar-refractivity contribution in [3.05, 3.63) is 17.8 Å². The quantitative estimate of drug-likeness (QED) is 0.588. The largest absolute Gasteiger partial charge is 0.444 e. The summed E-state index contributed by atoms with van der Waals surface area (Å²) in [5, 5.41) is 0. The van der Waals surface area contributed by atoms with Crippen LogP contribution < -0.4 is 5.73 Å². The molecule has 0 atom stereocenters. The molecule has 78 valence electrons. The normalized spacial score (nSPS) is 12.4. The first-order valence-corrected chi connectivity index (χ1v) is 4.86. The molecule has 0 saturated carbocycles. The molecule has 0 amide bonds. The Hall–Kier alpha value is -1.32. The standard InChI is InChI=1S/C10H17N3O/c1-4-8-5-12-9(14-8)6-13-10(11)7(2)3/h5,7H,4,6H2,1-3H3,(H2,11,13). The zero-order valence-corrected chi connectivity index (χ0v) is 8.95. The van der Waals surface area contributed by atoms with Gasteiger partial charge in [-0.05, 0) is 0 Å². The number of hydrogen-bond acceptors (Lipinski definition) is 3. The molecule has 0 aromatic carbocycles. The Morgan fingerprint density at radius 2 is 2.36 bits per heavy atom. The van der Waals surface area contributed by atoms with Crippen molar-refractivity contribution in [2.24, 2.45) is 16.6 Å². The van der Waals surface area contributed by atoms with E-state index in [2.05, 4.69) is 9.98 Å². The van der Waals surface area contributed by atoms with Crippen LogP contribution in [0.25, 0.3) is 0 Å². The summed E-state index contributed by atoms with van der Waals surface area (Å²) in [6.07, 6.45) is 2.59. The van der Waals surface area contributed by atoms with Crippen LogP contribution in [0.4, 0.5) is 0 Å². The van der Waals surface area contributed by atoms with Crippen LogP contribution in [0.5, 0.6) is 0 Å². The molecule has 14 heavy (non-hydrogen) atoms. The molecule has 1 heterocycles. The van der Waals surface area contributed by atoms with Crippen LogP contribution in [-0.4, -0.2) is 10.8 Å². The first-order chi connectivity index (χ1) is 6.63. The molecule has 4 nitrogen and oxygen atoms in total. The number of aryl methyl sites for hydroxylation is 1. The molecule has 1 aromatic rings. The maximum absolute atomic E-state index is 5.68. The van der Waals surface area contributed by atoms with Crippen LogP contribution in [0.15, 0.2) is 15.6 Å². The molecule has 2 N–H and O–H groups in total. The average molecular weight is 195 g/mol. The number of nitrogens with zero attached hydrogens (tertiary/aromatic N) is 2. The van der Waals surface area contributed by atoms with Crippen LogP contribution in [0.3, 0.4) is 0 Å². The van der Waals surface area contributed by atoms with E-state index in [4.69, 9.17) is 10.2 Å². The molecule has 0 aliphatic heterocycles. The number of nitrogens with two attached hydrogens (primary N) is 1. The molecule has 0 saturated heterocycles. The minimum atomic E-state index is 0.274. The number of hydrogen-bond donors (Lipinski definition) is 1. The maximum atomic E-state index is 5.68. The van der Waals surface area contributed by atoms with E-state index < -0.39 is 0 Å². The Labute approximate surface area is 84.2 Å². The third-order valence-corrected chi connectivity index (χ3v) is 1.94. The van der Waals surface area contributed by atoms with Crippen molar-refractivity contribution in [2.45, 2.75) is 33.7 Å². The monoisotopic (exact) mass is 195 g/mol. The van der Waals surface area contributed by atoms with Gasteiger partial charge in [0.15, 0.2) is 0 Å². The van der Waals surface area contributed by atoms with Gasteiger partial charge in [-0.25, -0.2) is 4.98 Å². The van der Waals surface area contributed by atoms with Gasteiger partial charge in [0.1, 0.15) is 12.3 Å². The molecule has 1 aromatic heterocycles. The molecule has 0 spiro atoms. The van der Waals surface area contributed by atoms with E-state index in [1.54, 1.807) is 6.20 Å². The van der Waals surface area contributed by atoms with Crippen molar-refractivity contribution in [3.63, 3.8) is 0 Å². The van der Waals surface area contributed by atoms with Crippen molar-refractivity contribution >= 4 is 5.84 Å². The molecule has 0 aliphatic rings. The summed E-state index contributed by atoms with van der Waals surface area (Å²) < 4.78 is 5.39. The maximum Gasteiger partial charge on any atom is 0.216 e. The molecular formula is C10H17N3O. The highest BCUT2D eigenvalue weighted by molar-refractivity contribution is 5.82. The highest BCUT2D eigenvalue weighted by Gasteiger charge is 2.02. The van der Waals surface area contributed by atoms with E-state index in [1.165, 1.54) is 0 Å². The highest BCUT2D eigenvalue weighted by atomic mass is 16.4. The summed E-state index contributed by atoms with van der Waals surface area (Å²) in [6, 6.07) is 0. The minimum Gasteiger partial charge on any atom is -0.444 e. The van der Waals surface area contributed by atoms with Gasteiger partial charge in [0, 0.05) is 12.3 Å². The lowest BCUT2D eigenvalue weighted by Crippen LogP contribution is -2.18. The lowest BCUT2D eigenvalue weighted by atomic mass is 10.2. The Bertz CT molecular complexity index is 315. The Kier molecular flexibility index (Phi) is 3.68. The zero-order chi connectivity index (χ0) is 10.6. The van der Waals surface area contributed by atoms with Gasteiger partial charge in [0.2, 0.25) is 5.89 Å². The molecule has 0 bridgehead atoms. The Balaban J connectivity index is 2.57. The minimum absolute atomic E-state index is 0.274. The van der Waals surface area contributed by atoms with Gasteiger partial charge in [-0.2, -0.15) is 0 Å². The van der Waals surface area contributed by atoms with Crippen LogP contribution >= 0.6 is 0 Å². The third kappa shape index (κ3) is 2.87. The number of aromatic nitrogens is 1. The van der Waals surface area contributed by atoms with Gasteiger partial charge in [-0.15, -0.1) is 0 Å². The van der Waals surface area contributed by atoms with Gasteiger partial charge in [0.25, 0.3) is 0 Å². The van der Waals surface area contributed by atoms with Crippen molar-refractivity contribution < 1.29 is 4.42 Å².